The summed E-state index contributed by atoms with van der Waals surface area (Å²) in [4.78, 5) is 15.1. The Morgan fingerprint density at radius 3 is 2.58 bits per heavy atom. The van der Waals surface area contributed by atoms with E-state index >= 15 is 0 Å². The van der Waals surface area contributed by atoms with Crippen LogP contribution >= 0.6 is 69.8 Å². The summed E-state index contributed by atoms with van der Waals surface area (Å²) in [5, 5.41) is 1.10. The molecule has 1 aliphatic rings. The van der Waals surface area contributed by atoms with E-state index in [0.29, 0.717) is 30.8 Å². The molecule has 0 atom stereocenters. The molecule has 3 aromatic rings. The van der Waals surface area contributed by atoms with Gasteiger partial charge in [0.15, 0.2) is 15.8 Å². The molecule has 0 aromatic heterocycles. The van der Waals surface area contributed by atoms with Gasteiger partial charge in [-0.1, -0.05) is 71.4 Å². The average Bonchev–Trinajstić information content (AvgIpc) is 3.07. The van der Waals surface area contributed by atoms with Gasteiger partial charge in [0.25, 0.3) is 5.91 Å². The maximum absolute atomic E-state index is 13.0. The molecule has 0 saturated carbocycles. The van der Waals surface area contributed by atoms with Crippen LogP contribution in [-0.4, -0.2) is 17.3 Å². The van der Waals surface area contributed by atoms with E-state index in [2.05, 4.69) is 22.6 Å². The van der Waals surface area contributed by atoms with Gasteiger partial charge in [0, 0.05) is 15.6 Å². The summed E-state index contributed by atoms with van der Waals surface area (Å²) in [5.74, 6) is 0.998. The van der Waals surface area contributed by atoms with Crippen molar-refractivity contribution in [2.24, 2.45) is 0 Å². The van der Waals surface area contributed by atoms with Crippen molar-refractivity contribution in [1.29, 1.82) is 0 Å². The van der Waals surface area contributed by atoms with Crippen molar-refractivity contribution in [2.75, 3.05) is 12.0 Å². The lowest BCUT2D eigenvalue weighted by atomic mass is 10.1. The van der Waals surface area contributed by atoms with Crippen LogP contribution in [0.2, 0.25) is 10.0 Å². The molecule has 0 unspecified atom stereocenters. The third kappa shape index (κ3) is 5.49. The van der Waals surface area contributed by atoms with E-state index in [1.165, 1.54) is 11.8 Å². The molecule has 0 spiro atoms. The fourth-order valence-electron chi connectivity index (χ4n) is 3.17. The molecule has 4 nitrogen and oxygen atoms in total. The van der Waals surface area contributed by atoms with Crippen LogP contribution in [0.4, 0.5) is 5.69 Å². The predicted octanol–water partition coefficient (Wildman–Crippen LogP) is 7.59. The molecule has 1 saturated heterocycles. The number of anilines is 1. The number of halogens is 3. The number of benzene rings is 3. The number of hydrogen-bond donors (Lipinski definition) is 0. The minimum atomic E-state index is -0.150. The molecule has 0 aliphatic carbocycles. The van der Waals surface area contributed by atoms with Gasteiger partial charge in [-0.15, -0.1) is 0 Å². The summed E-state index contributed by atoms with van der Waals surface area (Å²) in [7, 11) is 1.58. The Morgan fingerprint density at radius 2 is 1.88 bits per heavy atom. The van der Waals surface area contributed by atoms with Crippen molar-refractivity contribution < 1.29 is 14.3 Å². The van der Waals surface area contributed by atoms with Gasteiger partial charge in [0.1, 0.15) is 6.61 Å². The van der Waals surface area contributed by atoms with Gasteiger partial charge in [0.05, 0.1) is 21.3 Å². The normalized spacial score (nSPS) is 14.8. The van der Waals surface area contributed by atoms with E-state index < -0.39 is 0 Å². The van der Waals surface area contributed by atoms with E-state index in [-0.39, 0.29) is 12.5 Å². The Morgan fingerprint density at radius 1 is 1.12 bits per heavy atom. The SMILES string of the molecule is COc1cc(/C=C2/SC(=S)N(c3ccccc3)C2=O)cc(I)c1OCc1ccc(Cl)cc1Cl. The van der Waals surface area contributed by atoms with Crippen molar-refractivity contribution in [2.45, 2.75) is 6.61 Å². The van der Waals surface area contributed by atoms with Crippen LogP contribution in [0.25, 0.3) is 6.08 Å². The Bertz CT molecular complexity index is 1270. The molecular weight excluding hydrogens is 612 g/mol. The van der Waals surface area contributed by atoms with Gasteiger partial charge >= 0.3 is 0 Å². The number of hydrogen-bond acceptors (Lipinski definition) is 5. The Labute approximate surface area is 225 Å². The number of carbonyl (C=O) groups is 1. The number of nitrogens with zero attached hydrogens (tertiary/aromatic N) is 1. The largest absolute Gasteiger partial charge is 0.493 e. The molecule has 168 valence electrons. The van der Waals surface area contributed by atoms with Crippen molar-refractivity contribution in [3.05, 3.63) is 90.3 Å². The maximum atomic E-state index is 13.0. The minimum absolute atomic E-state index is 0.150. The first-order valence-corrected chi connectivity index (χ1v) is 12.7. The Kier molecular flexibility index (Phi) is 7.86. The number of amides is 1. The average molecular weight is 628 g/mol. The zero-order chi connectivity index (χ0) is 23.5. The van der Waals surface area contributed by atoms with E-state index in [1.54, 1.807) is 24.1 Å². The number of ether oxygens (including phenoxy) is 2. The van der Waals surface area contributed by atoms with Crippen LogP contribution in [-0.2, 0) is 11.4 Å². The highest BCUT2D eigenvalue weighted by Gasteiger charge is 2.33. The molecule has 0 bridgehead atoms. The van der Waals surface area contributed by atoms with Gasteiger partial charge in [-0.2, -0.15) is 0 Å². The third-order valence-corrected chi connectivity index (χ3v) is 7.44. The summed E-state index contributed by atoms with van der Waals surface area (Å²) in [6.45, 7) is 0.261. The van der Waals surface area contributed by atoms with Gasteiger partial charge in [-0.25, -0.2) is 0 Å². The summed E-state index contributed by atoms with van der Waals surface area (Å²) < 4.78 is 12.9. The molecule has 9 heteroatoms. The zero-order valence-corrected chi connectivity index (χ0v) is 22.5. The smallest absolute Gasteiger partial charge is 0.270 e. The molecule has 0 N–H and O–H groups in total. The monoisotopic (exact) mass is 627 g/mol. The lowest BCUT2D eigenvalue weighted by Crippen LogP contribution is -2.27. The van der Waals surface area contributed by atoms with Crippen molar-refractivity contribution >= 4 is 91.8 Å². The molecule has 33 heavy (non-hydrogen) atoms. The lowest BCUT2D eigenvalue weighted by Gasteiger charge is -2.15. The summed E-state index contributed by atoms with van der Waals surface area (Å²) in [6.07, 6.45) is 1.81. The standard InChI is InChI=1S/C24H16Cl2INO3S2/c1-30-20-10-14(9-19(27)22(20)31-13-15-7-8-16(25)12-18(15)26)11-21-23(29)28(24(32)33-21)17-5-3-2-4-6-17/h2-12H,13H2,1H3/b21-11+. The van der Waals surface area contributed by atoms with Crippen LogP contribution in [0, 0.1) is 3.57 Å². The van der Waals surface area contributed by atoms with Gasteiger partial charge in [-0.3, -0.25) is 9.69 Å². The maximum Gasteiger partial charge on any atom is 0.270 e. The molecule has 1 aliphatic heterocycles. The summed E-state index contributed by atoms with van der Waals surface area (Å²) in [6, 6.07) is 18.4. The van der Waals surface area contributed by atoms with E-state index in [9.17, 15) is 4.79 Å². The highest BCUT2D eigenvalue weighted by Crippen LogP contribution is 2.39. The number of carbonyl (C=O) groups excluding carboxylic acids is 1. The lowest BCUT2D eigenvalue weighted by molar-refractivity contribution is -0.113. The minimum Gasteiger partial charge on any atom is -0.493 e. The first-order valence-electron chi connectivity index (χ1n) is 9.64. The van der Waals surface area contributed by atoms with Crippen LogP contribution in [0.5, 0.6) is 11.5 Å². The fourth-order valence-corrected chi connectivity index (χ4v) is 5.71. The summed E-state index contributed by atoms with van der Waals surface area (Å²) in [5.41, 5.74) is 2.37. The molecular formula is C24H16Cl2INO3S2. The first-order chi connectivity index (χ1) is 15.9. The van der Waals surface area contributed by atoms with Crippen LogP contribution in [0.15, 0.2) is 65.6 Å². The third-order valence-electron chi connectivity index (χ3n) is 4.74. The molecule has 1 heterocycles. The predicted molar refractivity (Wildman–Crippen MR) is 149 cm³/mol. The summed E-state index contributed by atoms with van der Waals surface area (Å²) >= 11 is 21.1. The van der Waals surface area contributed by atoms with Gasteiger partial charge in [0.2, 0.25) is 0 Å². The number of methoxy groups -OCH3 is 1. The second-order valence-electron chi connectivity index (χ2n) is 6.91. The second kappa shape index (κ2) is 10.7. The number of thiocarbonyl (C=S) groups is 1. The van der Waals surface area contributed by atoms with E-state index in [1.807, 2.05) is 54.6 Å². The Balaban J connectivity index is 1.58. The molecule has 1 fully saturated rings. The number of rotatable bonds is 6. The first kappa shape index (κ1) is 24.3. The van der Waals surface area contributed by atoms with Crippen LogP contribution in [0.3, 0.4) is 0 Å². The van der Waals surface area contributed by atoms with E-state index in [4.69, 9.17) is 44.9 Å². The number of para-hydroxylation sites is 1. The quantitative estimate of drug-likeness (QED) is 0.160. The van der Waals surface area contributed by atoms with Crippen molar-refractivity contribution in [1.82, 2.24) is 0 Å². The van der Waals surface area contributed by atoms with E-state index in [0.717, 1.165) is 20.4 Å². The topological polar surface area (TPSA) is 38.8 Å². The van der Waals surface area contributed by atoms with Gasteiger partial charge < -0.3 is 9.47 Å². The molecule has 3 aromatic carbocycles. The highest BCUT2D eigenvalue weighted by atomic mass is 127. The van der Waals surface area contributed by atoms with Gasteiger partial charge in [-0.05, 0) is 70.6 Å². The molecule has 0 radical (unpaired) electrons. The molecule has 1 amide bonds. The Hall–Kier alpha value is -1.78. The highest BCUT2D eigenvalue weighted by molar-refractivity contribution is 14.1. The second-order valence-corrected chi connectivity index (χ2v) is 10.6. The molecule has 4 rings (SSSR count). The van der Waals surface area contributed by atoms with Crippen molar-refractivity contribution in [3.8, 4) is 11.5 Å². The van der Waals surface area contributed by atoms with Crippen LogP contribution in [0.1, 0.15) is 11.1 Å². The van der Waals surface area contributed by atoms with Crippen LogP contribution < -0.4 is 14.4 Å². The number of thioether (sulfide) groups is 1. The van der Waals surface area contributed by atoms with Crippen molar-refractivity contribution in [3.63, 3.8) is 0 Å². The fraction of sp³-hybridized carbons (Fsp3) is 0.0833. The zero-order valence-electron chi connectivity index (χ0n) is 17.2.